The fourth-order valence-corrected chi connectivity index (χ4v) is 3.22. The van der Waals surface area contributed by atoms with Crippen molar-refractivity contribution >= 4 is 22.2 Å². The van der Waals surface area contributed by atoms with Gasteiger partial charge in [0.2, 0.25) is 0 Å². The van der Waals surface area contributed by atoms with Crippen molar-refractivity contribution in [3.8, 4) is 5.75 Å². The highest BCUT2D eigenvalue weighted by molar-refractivity contribution is 7.89. The Kier molecular flexibility index (Phi) is 5.86. The van der Waals surface area contributed by atoms with E-state index in [4.69, 9.17) is 4.74 Å². The number of nitrogens with one attached hydrogen (secondary N) is 1. The van der Waals surface area contributed by atoms with Gasteiger partial charge in [0.15, 0.2) is 0 Å². The van der Waals surface area contributed by atoms with E-state index in [9.17, 15) is 13.2 Å². The molecule has 0 aromatic heterocycles. The zero-order valence-corrected chi connectivity index (χ0v) is 15.9. The molecule has 1 N–H and O–H groups in total. The molecule has 0 radical (unpaired) electrons. The van der Waals surface area contributed by atoms with Crippen LogP contribution in [-0.4, -0.2) is 20.6 Å². The predicted molar refractivity (Wildman–Crippen MR) is 107 cm³/mol. The molecule has 0 amide bonds. The van der Waals surface area contributed by atoms with E-state index in [2.05, 4.69) is 9.93 Å². The molecule has 142 valence electrons. The SMILES string of the molecule is Cc1ccccc1C(=O)Oc1ccc(C=NNS(=O)(=O)c2ccccc2)cc1. The quantitative estimate of drug-likeness (QED) is 0.300. The number of hydrogen-bond acceptors (Lipinski definition) is 5. The molecule has 0 fully saturated rings. The molecule has 6 nitrogen and oxygen atoms in total. The number of carbonyl (C=O) groups excluding carboxylic acids is 1. The van der Waals surface area contributed by atoms with Gasteiger partial charge in [0.25, 0.3) is 10.0 Å². The monoisotopic (exact) mass is 394 g/mol. The second-order valence-electron chi connectivity index (χ2n) is 5.94. The summed E-state index contributed by atoms with van der Waals surface area (Å²) in [5.74, 6) is -0.0505. The van der Waals surface area contributed by atoms with Gasteiger partial charge in [0, 0.05) is 0 Å². The van der Waals surface area contributed by atoms with Crippen LogP contribution in [0.15, 0.2) is 88.9 Å². The molecule has 0 aliphatic rings. The summed E-state index contributed by atoms with van der Waals surface area (Å²) in [6, 6.07) is 21.7. The van der Waals surface area contributed by atoms with Crippen molar-refractivity contribution in [1.82, 2.24) is 4.83 Å². The standard InChI is InChI=1S/C21H18N2O4S/c1-16-7-5-6-10-20(16)21(24)27-18-13-11-17(12-14-18)15-22-23-28(25,26)19-8-3-2-4-9-19/h2-15,23H,1H3. The number of sulfonamides is 1. The van der Waals surface area contributed by atoms with Crippen LogP contribution in [0.2, 0.25) is 0 Å². The maximum atomic E-state index is 12.2. The van der Waals surface area contributed by atoms with E-state index in [0.29, 0.717) is 16.9 Å². The van der Waals surface area contributed by atoms with Gasteiger partial charge in [-0.3, -0.25) is 0 Å². The van der Waals surface area contributed by atoms with Gasteiger partial charge in [-0.05, 0) is 60.5 Å². The van der Waals surface area contributed by atoms with E-state index < -0.39 is 16.0 Å². The van der Waals surface area contributed by atoms with Crippen molar-refractivity contribution < 1.29 is 17.9 Å². The fraction of sp³-hybridized carbons (Fsp3) is 0.0476. The highest BCUT2D eigenvalue weighted by Crippen LogP contribution is 2.15. The summed E-state index contributed by atoms with van der Waals surface area (Å²) in [5, 5.41) is 3.77. The van der Waals surface area contributed by atoms with E-state index in [0.717, 1.165) is 5.56 Å². The zero-order valence-electron chi connectivity index (χ0n) is 15.1. The molecule has 3 rings (SSSR count). The summed E-state index contributed by atoms with van der Waals surface area (Å²) >= 11 is 0. The van der Waals surface area contributed by atoms with Gasteiger partial charge in [-0.1, -0.05) is 36.4 Å². The van der Waals surface area contributed by atoms with Crippen LogP contribution in [0.3, 0.4) is 0 Å². The summed E-state index contributed by atoms with van der Waals surface area (Å²) in [4.78, 5) is 14.5. The lowest BCUT2D eigenvalue weighted by Crippen LogP contribution is -2.18. The average molecular weight is 394 g/mol. The van der Waals surface area contributed by atoms with Crippen molar-refractivity contribution in [2.45, 2.75) is 11.8 Å². The third kappa shape index (κ3) is 4.83. The molecular formula is C21H18N2O4S. The number of hydrazone groups is 1. The molecule has 0 unspecified atom stereocenters. The molecular weight excluding hydrogens is 376 g/mol. The molecule has 7 heteroatoms. The minimum absolute atomic E-state index is 0.130. The number of benzene rings is 3. The zero-order chi connectivity index (χ0) is 20.0. The third-order valence-corrected chi connectivity index (χ3v) is 5.13. The van der Waals surface area contributed by atoms with Crippen LogP contribution < -0.4 is 9.57 Å². The largest absolute Gasteiger partial charge is 0.423 e. The summed E-state index contributed by atoms with van der Waals surface area (Å²) in [6.45, 7) is 1.84. The number of esters is 1. The first-order valence-electron chi connectivity index (χ1n) is 8.43. The first-order chi connectivity index (χ1) is 13.5. The Morgan fingerprint density at radius 1 is 0.929 bits per heavy atom. The second-order valence-corrected chi connectivity index (χ2v) is 7.60. The lowest BCUT2D eigenvalue weighted by molar-refractivity contribution is 0.0734. The summed E-state index contributed by atoms with van der Waals surface area (Å²) < 4.78 is 29.5. The number of carbonyl (C=O) groups is 1. The van der Waals surface area contributed by atoms with Crippen LogP contribution in [-0.2, 0) is 10.0 Å². The first kappa shape index (κ1) is 19.3. The van der Waals surface area contributed by atoms with E-state index in [1.807, 2.05) is 19.1 Å². The summed E-state index contributed by atoms with van der Waals surface area (Å²) in [6.07, 6.45) is 1.37. The maximum Gasteiger partial charge on any atom is 0.343 e. The normalized spacial score (nSPS) is 11.3. The maximum absolute atomic E-state index is 12.2. The fourth-order valence-electron chi connectivity index (χ4n) is 2.41. The molecule has 3 aromatic carbocycles. The molecule has 0 aliphatic carbocycles. The van der Waals surface area contributed by atoms with Crippen molar-refractivity contribution in [2.75, 3.05) is 0 Å². The van der Waals surface area contributed by atoms with Crippen LogP contribution in [0.1, 0.15) is 21.5 Å². The molecule has 0 atom stereocenters. The van der Waals surface area contributed by atoms with Crippen molar-refractivity contribution in [1.29, 1.82) is 0 Å². The van der Waals surface area contributed by atoms with Gasteiger partial charge in [-0.25, -0.2) is 9.63 Å². The van der Waals surface area contributed by atoms with Crippen LogP contribution in [0, 0.1) is 6.92 Å². The van der Waals surface area contributed by atoms with Gasteiger partial charge in [-0.15, -0.1) is 0 Å². The number of rotatable bonds is 6. The minimum atomic E-state index is -3.71. The summed E-state index contributed by atoms with van der Waals surface area (Å²) in [5.41, 5.74) is 1.98. The van der Waals surface area contributed by atoms with E-state index in [1.165, 1.54) is 18.3 Å². The Bertz CT molecular complexity index is 1090. The topological polar surface area (TPSA) is 84.8 Å². The molecule has 0 aliphatic heterocycles. The number of ether oxygens (including phenoxy) is 1. The van der Waals surface area contributed by atoms with Crippen molar-refractivity contribution in [2.24, 2.45) is 5.10 Å². The number of hydrogen-bond donors (Lipinski definition) is 1. The lowest BCUT2D eigenvalue weighted by Gasteiger charge is -2.06. The predicted octanol–water partition coefficient (Wildman–Crippen LogP) is 3.53. The van der Waals surface area contributed by atoms with E-state index in [1.54, 1.807) is 54.6 Å². The number of aryl methyl sites for hydroxylation is 1. The van der Waals surface area contributed by atoms with Crippen molar-refractivity contribution in [3.05, 3.63) is 95.6 Å². The summed E-state index contributed by atoms with van der Waals surface area (Å²) in [7, 11) is -3.71. The van der Waals surface area contributed by atoms with E-state index >= 15 is 0 Å². The molecule has 0 saturated carbocycles. The van der Waals surface area contributed by atoms with Gasteiger partial charge in [-0.2, -0.15) is 13.5 Å². The average Bonchev–Trinajstić information content (AvgIpc) is 2.70. The van der Waals surface area contributed by atoms with Crippen LogP contribution in [0.25, 0.3) is 0 Å². The Balaban J connectivity index is 1.62. The molecule has 0 bridgehead atoms. The van der Waals surface area contributed by atoms with Crippen LogP contribution in [0.4, 0.5) is 0 Å². The number of nitrogens with zero attached hydrogens (tertiary/aromatic N) is 1. The van der Waals surface area contributed by atoms with Gasteiger partial charge < -0.3 is 4.74 Å². The van der Waals surface area contributed by atoms with Gasteiger partial charge in [0.1, 0.15) is 5.75 Å². The Morgan fingerprint density at radius 3 is 2.25 bits per heavy atom. The molecule has 28 heavy (non-hydrogen) atoms. The van der Waals surface area contributed by atoms with Gasteiger partial charge in [0.05, 0.1) is 16.7 Å². The van der Waals surface area contributed by atoms with Crippen LogP contribution >= 0.6 is 0 Å². The first-order valence-corrected chi connectivity index (χ1v) is 9.92. The second kappa shape index (κ2) is 8.49. The molecule has 0 spiro atoms. The Morgan fingerprint density at radius 2 is 1.57 bits per heavy atom. The Labute approximate surface area is 163 Å². The highest BCUT2D eigenvalue weighted by Gasteiger charge is 2.12. The van der Waals surface area contributed by atoms with Gasteiger partial charge >= 0.3 is 5.97 Å². The van der Waals surface area contributed by atoms with Crippen molar-refractivity contribution in [3.63, 3.8) is 0 Å². The Hall–Kier alpha value is -3.45. The molecule has 3 aromatic rings. The lowest BCUT2D eigenvalue weighted by atomic mass is 10.1. The molecule has 0 saturated heterocycles. The minimum Gasteiger partial charge on any atom is -0.423 e. The smallest absolute Gasteiger partial charge is 0.343 e. The van der Waals surface area contributed by atoms with Crippen LogP contribution in [0.5, 0.6) is 5.75 Å². The third-order valence-electron chi connectivity index (χ3n) is 3.90. The highest BCUT2D eigenvalue weighted by atomic mass is 32.2. The molecule has 0 heterocycles. The van der Waals surface area contributed by atoms with E-state index in [-0.39, 0.29) is 4.90 Å².